The van der Waals surface area contributed by atoms with E-state index in [1.807, 2.05) is 54.6 Å². The molecule has 0 aliphatic heterocycles. The Morgan fingerprint density at radius 1 is 0.974 bits per heavy atom. The smallest absolute Gasteiger partial charge is 0.329 e. The second kappa shape index (κ2) is 11.5. The van der Waals surface area contributed by atoms with Gasteiger partial charge in [0.25, 0.3) is 0 Å². The Hall–Kier alpha value is -3.54. The fraction of sp³-hybridized carbons (Fsp3) is 0.143. The van der Waals surface area contributed by atoms with E-state index in [-0.39, 0.29) is 24.8 Å². The molecule has 10 heteroatoms. The normalized spacial score (nSPS) is 12.0. The fourth-order valence-electron chi connectivity index (χ4n) is 4.29. The van der Waals surface area contributed by atoms with Gasteiger partial charge in [0, 0.05) is 21.1 Å². The Balaban J connectivity index is 1.57. The predicted octanol–water partition coefficient (Wildman–Crippen LogP) is 5.40. The summed E-state index contributed by atoms with van der Waals surface area (Å²) in [5.74, 6) is 0.797. The van der Waals surface area contributed by atoms with E-state index in [1.54, 1.807) is 24.3 Å². The van der Waals surface area contributed by atoms with Gasteiger partial charge < -0.3 is 24.9 Å². The van der Waals surface area contributed by atoms with Gasteiger partial charge in [-0.15, -0.1) is 0 Å². The van der Waals surface area contributed by atoms with Crippen molar-refractivity contribution in [2.24, 2.45) is 0 Å². The molecule has 0 aliphatic carbocycles. The molecule has 1 atom stereocenters. The molecule has 4 N–H and O–H groups in total. The zero-order valence-electron chi connectivity index (χ0n) is 20.1. The summed E-state index contributed by atoms with van der Waals surface area (Å²) in [6.45, 7) is 0.0818. The van der Waals surface area contributed by atoms with Crippen molar-refractivity contribution in [3.05, 3.63) is 109 Å². The van der Waals surface area contributed by atoms with Gasteiger partial charge in [-0.05, 0) is 64.6 Å². The Morgan fingerprint density at radius 2 is 1.66 bits per heavy atom. The number of aliphatic hydroxyl groups is 1. The average Bonchev–Trinajstić information content (AvgIpc) is 3.46. The average molecular weight is 643 g/mol. The van der Waals surface area contributed by atoms with Gasteiger partial charge >= 0.3 is 5.69 Å². The Labute approximate surface area is 237 Å². The van der Waals surface area contributed by atoms with Gasteiger partial charge in [0.05, 0.1) is 6.61 Å². The summed E-state index contributed by atoms with van der Waals surface area (Å²) >= 11 is 8.81. The summed E-state index contributed by atoms with van der Waals surface area (Å²) in [4.78, 5) is 24.0. The number of nitrogens with one attached hydrogen (secondary N) is 2. The molecule has 194 valence electrons. The largest absolute Gasteiger partial charge is 0.493 e. The van der Waals surface area contributed by atoms with E-state index in [9.17, 15) is 9.90 Å². The quantitative estimate of drug-likeness (QED) is 0.161. The van der Waals surface area contributed by atoms with Crippen LogP contribution >= 0.6 is 34.2 Å². The van der Waals surface area contributed by atoms with Crippen molar-refractivity contribution in [2.45, 2.75) is 12.5 Å². The number of aromatic amines is 2. The molecule has 0 aliphatic rings. The fourth-order valence-corrected chi connectivity index (χ4v) is 4.89. The minimum atomic E-state index is -0.669. The first-order chi connectivity index (χ1) is 18.4. The van der Waals surface area contributed by atoms with Gasteiger partial charge in [0.1, 0.15) is 40.8 Å². The lowest BCUT2D eigenvalue weighted by Crippen LogP contribution is -2.25. The Morgan fingerprint density at radius 3 is 2.34 bits per heavy atom. The van der Waals surface area contributed by atoms with E-state index in [2.05, 4.69) is 32.6 Å². The number of ether oxygens (including phenoxy) is 1. The highest BCUT2D eigenvalue weighted by Crippen LogP contribution is 2.34. The zero-order chi connectivity index (χ0) is 26.6. The number of hydrogen-bond donors (Lipinski definition) is 4. The minimum absolute atomic E-state index is 0.0937. The number of aromatic hydroxyl groups is 1. The van der Waals surface area contributed by atoms with Crippen LogP contribution in [0.15, 0.2) is 83.7 Å². The van der Waals surface area contributed by atoms with E-state index < -0.39 is 11.7 Å². The van der Waals surface area contributed by atoms with Crippen molar-refractivity contribution < 1.29 is 14.9 Å². The first-order valence-corrected chi connectivity index (χ1v) is 13.3. The summed E-state index contributed by atoms with van der Waals surface area (Å²) in [5.41, 5.74) is 2.76. The van der Waals surface area contributed by atoms with E-state index in [0.29, 0.717) is 34.4 Å². The molecule has 8 nitrogen and oxygen atoms in total. The molecule has 5 aromatic rings. The van der Waals surface area contributed by atoms with Crippen molar-refractivity contribution >= 4 is 34.2 Å². The number of rotatable bonds is 9. The van der Waals surface area contributed by atoms with Crippen LogP contribution < -0.4 is 10.4 Å². The molecule has 0 saturated heterocycles. The third-order valence-corrected chi connectivity index (χ3v) is 7.09. The van der Waals surface area contributed by atoms with Crippen molar-refractivity contribution in [3.8, 4) is 34.1 Å². The molecule has 2 heterocycles. The molecule has 0 spiro atoms. The highest BCUT2D eigenvalue weighted by atomic mass is 127. The van der Waals surface area contributed by atoms with Gasteiger partial charge in [-0.25, -0.2) is 9.78 Å². The first-order valence-electron chi connectivity index (χ1n) is 11.9. The third kappa shape index (κ3) is 5.50. The van der Waals surface area contributed by atoms with Gasteiger partial charge in [-0.1, -0.05) is 54.1 Å². The number of hydrogen-bond acceptors (Lipinski definition) is 5. The van der Waals surface area contributed by atoms with Crippen LogP contribution in [0.2, 0.25) is 5.15 Å². The standard InChI is InChI=1S/C28H24ClIN4O4/c29-25-23(18-6-10-20(30)11-7-18)31-26(33-25)22(16-17-4-2-1-3-5-17)34-27(36)24(32-28(34)37)19-8-12-21(13-9-19)38-15-14-35/h1-13,22,35-36H,14-16H2,(H,31,33)(H,32,37)/t22-/m1/s1. The molecule has 0 radical (unpaired) electrons. The van der Waals surface area contributed by atoms with Crippen LogP contribution in [0.3, 0.4) is 0 Å². The highest BCUT2D eigenvalue weighted by molar-refractivity contribution is 14.1. The summed E-state index contributed by atoms with van der Waals surface area (Å²) in [7, 11) is 0. The summed E-state index contributed by atoms with van der Waals surface area (Å²) < 4.78 is 7.79. The molecule has 38 heavy (non-hydrogen) atoms. The number of halogens is 2. The highest BCUT2D eigenvalue weighted by Gasteiger charge is 2.27. The van der Waals surface area contributed by atoms with E-state index in [0.717, 1.165) is 14.7 Å². The SMILES string of the molecule is O=c1[nH]c(-c2ccc(OCCO)cc2)c(O)n1[C@H](Cc1ccccc1)c1nc(-c2ccc(I)cc2)c(Cl)[nH]1. The molecule has 0 saturated carbocycles. The third-order valence-electron chi connectivity index (χ3n) is 6.10. The molecule has 0 unspecified atom stereocenters. The molecule has 0 bridgehead atoms. The molecule has 5 rings (SSSR count). The van der Waals surface area contributed by atoms with Crippen molar-refractivity contribution in [2.75, 3.05) is 13.2 Å². The first kappa shape index (κ1) is 26.1. The van der Waals surface area contributed by atoms with Crippen LogP contribution in [0.4, 0.5) is 0 Å². The summed E-state index contributed by atoms with van der Waals surface area (Å²) in [6.07, 6.45) is 0.384. The van der Waals surface area contributed by atoms with Crippen LogP contribution in [0.1, 0.15) is 17.4 Å². The van der Waals surface area contributed by atoms with Crippen LogP contribution in [0.25, 0.3) is 22.5 Å². The van der Waals surface area contributed by atoms with Crippen LogP contribution in [0.5, 0.6) is 11.6 Å². The zero-order valence-corrected chi connectivity index (χ0v) is 23.0. The molecular weight excluding hydrogens is 619 g/mol. The minimum Gasteiger partial charge on any atom is -0.493 e. The monoisotopic (exact) mass is 642 g/mol. The van der Waals surface area contributed by atoms with E-state index in [4.69, 9.17) is 26.4 Å². The number of nitrogens with zero attached hydrogens (tertiary/aromatic N) is 2. The van der Waals surface area contributed by atoms with Crippen molar-refractivity contribution in [1.82, 2.24) is 19.5 Å². The Kier molecular flexibility index (Phi) is 7.87. The van der Waals surface area contributed by atoms with Gasteiger partial charge in [0.15, 0.2) is 0 Å². The van der Waals surface area contributed by atoms with Crippen molar-refractivity contribution in [3.63, 3.8) is 0 Å². The predicted molar refractivity (Wildman–Crippen MR) is 155 cm³/mol. The van der Waals surface area contributed by atoms with Gasteiger partial charge in [-0.3, -0.25) is 4.57 Å². The second-order valence-corrected chi connectivity index (χ2v) is 10.2. The molecule has 2 aromatic heterocycles. The number of H-pyrrole nitrogens is 2. The maximum absolute atomic E-state index is 13.3. The lowest BCUT2D eigenvalue weighted by Gasteiger charge is -2.17. The second-order valence-electron chi connectivity index (χ2n) is 8.59. The maximum Gasteiger partial charge on any atom is 0.329 e. The molecule has 0 fully saturated rings. The number of benzene rings is 3. The lowest BCUT2D eigenvalue weighted by molar-refractivity contribution is 0.201. The number of aliphatic hydroxyl groups excluding tert-OH is 1. The van der Waals surface area contributed by atoms with Crippen molar-refractivity contribution in [1.29, 1.82) is 0 Å². The van der Waals surface area contributed by atoms with Crippen LogP contribution in [-0.2, 0) is 6.42 Å². The molecular formula is C28H24ClIN4O4. The van der Waals surface area contributed by atoms with Crippen LogP contribution in [0, 0.1) is 3.57 Å². The number of aromatic nitrogens is 4. The summed E-state index contributed by atoms with van der Waals surface area (Å²) in [5, 5.41) is 20.6. The number of imidazole rings is 2. The van der Waals surface area contributed by atoms with Gasteiger partial charge in [0.2, 0.25) is 5.88 Å². The molecule has 0 amide bonds. The summed E-state index contributed by atoms with van der Waals surface area (Å²) in [6, 6.07) is 23.7. The van der Waals surface area contributed by atoms with Gasteiger partial charge in [-0.2, -0.15) is 0 Å². The lowest BCUT2D eigenvalue weighted by atomic mass is 10.0. The molecule has 3 aromatic carbocycles. The van der Waals surface area contributed by atoms with E-state index in [1.165, 1.54) is 4.57 Å². The topological polar surface area (TPSA) is 116 Å². The Bertz CT molecular complexity index is 1580. The maximum atomic E-state index is 13.3. The van der Waals surface area contributed by atoms with E-state index >= 15 is 0 Å². The van der Waals surface area contributed by atoms with Crippen LogP contribution in [-0.4, -0.2) is 42.9 Å².